The molecule has 162 valence electrons. The van der Waals surface area contributed by atoms with E-state index < -0.39 is 0 Å². The molecule has 1 aromatic rings. The summed E-state index contributed by atoms with van der Waals surface area (Å²) in [5.74, 6) is 0.958. The molecule has 4 rings (SSSR count). The predicted octanol–water partition coefficient (Wildman–Crippen LogP) is 1.09. The van der Waals surface area contributed by atoms with Crippen LogP contribution in [0.4, 0.5) is 5.82 Å². The van der Waals surface area contributed by atoms with Crippen LogP contribution in [0, 0.1) is 18.3 Å². The molecule has 30 heavy (non-hydrogen) atoms. The summed E-state index contributed by atoms with van der Waals surface area (Å²) in [6, 6.07) is 2.43. The molecule has 0 unspecified atom stereocenters. The number of hydrogen-bond acceptors (Lipinski definition) is 7. The summed E-state index contributed by atoms with van der Waals surface area (Å²) in [6.07, 6.45) is 0.718. The van der Waals surface area contributed by atoms with Gasteiger partial charge in [-0.05, 0) is 26.3 Å². The Morgan fingerprint density at radius 2 is 1.83 bits per heavy atom. The van der Waals surface area contributed by atoms with Crippen LogP contribution in [0.15, 0.2) is 0 Å². The van der Waals surface area contributed by atoms with Crippen molar-refractivity contribution in [3.05, 3.63) is 22.4 Å². The zero-order chi connectivity index (χ0) is 21.3. The van der Waals surface area contributed by atoms with Gasteiger partial charge in [0, 0.05) is 56.9 Å². The van der Waals surface area contributed by atoms with E-state index in [1.165, 1.54) is 0 Å². The van der Waals surface area contributed by atoms with Crippen molar-refractivity contribution in [2.45, 2.75) is 39.4 Å². The minimum absolute atomic E-state index is 0.175. The van der Waals surface area contributed by atoms with Crippen LogP contribution >= 0.6 is 0 Å². The number of amides is 1. The van der Waals surface area contributed by atoms with E-state index in [0.29, 0.717) is 45.0 Å². The van der Waals surface area contributed by atoms with Crippen molar-refractivity contribution in [3.8, 4) is 6.07 Å². The van der Waals surface area contributed by atoms with Crippen molar-refractivity contribution in [2.24, 2.45) is 0 Å². The third kappa shape index (κ3) is 4.29. The number of aromatic nitrogens is 1. The Labute approximate surface area is 178 Å². The minimum Gasteiger partial charge on any atom is -0.378 e. The lowest BCUT2D eigenvalue weighted by Gasteiger charge is -2.38. The molecule has 4 heterocycles. The van der Waals surface area contributed by atoms with Crippen molar-refractivity contribution < 1.29 is 14.3 Å². The molecule has 3 aliphatic heterocycles. The summed E-state index contributed by atoms with van der Waals surface area (Å²) in [5.41, 5.74) is 3.50. The maximum atomic E-state index is 12.5. The maximum absolute atomic E-state index is 12.5. The molecule has 0 aromatic carbocycles. The van der Waals surface area contributed by atoms with E-state index >= 15 is 0 Å². The summed E-state index contributed by atoms with van der Waals surface area (Å²) in [7, 11) is 0. The summed E-state index contributed by atoms with van der Waals surface area (Å²) in [4.78, 5) is 23.6. The predicted molar refractivity (Wildman–Crippen MR) is 112 cm³/mol. The van der Waals surface area contributed by atoms with Crippen LogP contribution in [0.3, 0.4) is 0 Å². The van der Waals surface area contributed by atoms with Crippen LogP contribution in [0.5, 0.6) is 0 Å². The Morgan fingerprint density at radius 3 is 2.50 bits per heavy atom. The lowest BCUT2D eigenvalue weighted by atomic mass is 9.88. The molecule has 0 N–H and O–H groups in total. The lowest BCUT2D eigenvalue weighted by Crippen LogP contribution is -2.52. The minimum atomic E-state index is -0.276. The van der Waals surface area contributed by atoms with Crippen molar-refractivity contribution >= 4 is 11.7 Å². The number of nitriles is 1. The molecular formula is C22H31N5O3. The molecule has 1 amide bonds. The molecule has 2 saturated heterocycles. The van der Waals surface area contributed by atoms with Crippen LogP contribution in [-0.2, 0) is 27.3 Å². The molecule has 0 spiro atoms. The molecule has 2 fully saturated rings. The number of ether oxygens (including phenoxy) is 2. The van der Waals surface area contributed by atoms with Gasteiger partial charge in [-0.25, -0.2) is 4.98 Å². The zero-order valence-corrected chi connectivity index (χ0v) is 18.2. The van der Waals surface area contributed by atoms with Crippen molar-refractivity contribution in [1.29, 1.82) is 5.26 Å². The molecule has 1 aromatic heterocycles. The number of carbonyl (C=O) groups excluding carboxylic acids is 1. The first-order chi connectivity index (χ1) is 14.4. The Hall–Kier alpha value is -2.21. The summed E-state index contributed by atoms with van der Waals surface area (Å²) in [6.45, 7) is 12.8. The summed E-state index contributed by atoms with van der Waals surface area (Å²) < 4.78 is 11.3. The quantitative estimate of drug-likeness (QED) is 0.734. The number of anilines is 1. The Bertz CT molecular complexity index is 849. The molecule has 3 aliphatic rings. The van der Waals surface area contributed by atoms with Gasteiger partial charge < -0.3 is 19.3 Å². The van der Waals surface area contributed by atoms with E-state index in [9.17, 15) is 10.1 Å². The van der Waals surface area contributed by atoms with Gasteiger partial charge in [-0.1, -0.05) is 0 Å². The summed E-state index contributed by atoms with van der Waals surface area (Å²) >= 11 is 0. The molecular weight excluding hydrogens is 382 g/mol. The normalized spacial score (nSPS) is 21.8. The van der Waals surface area contributed by atoms with E-state index in [4.69, 9.17) is 14.5 Å². The number of piperazine rings is 1. The molecule has 0 saturated carbocycles. The highest BCUT2D eigenvalue weighted by atomic mass is 16.5. The van der Waals surface area contributed by atoms with E-state index in [1.54, 1.807) is 0 Å². The fourth-order valence-corrected chi connectivity index (χ4v) is 4.49. The van der Waals surface area contributed by atoms with Gasteiger partial charge in [-0.2, -0.15) is 5.26 Å². The second-order valence-corrected chi connectivity index (χ2v) is 8.95. The Kier molecular flexibility index (Phi) is 5.96. The monoisotopic (exact) mass is 413 g/mol. The first-order valence-electron chi connectivity index (χ1n) is 10.8. The first kappa shape index (κ1) is 21.0. The fraction of sp³-hybridized carbons (Fsp3) is 0.682. The number of carbonyl (C=O) groups is 1. The second kappa shape index (κ2) is 8.50. The number of aryl methyl sites for hydroxylation is 1. The van der Waals surface area contributed by atoms with Gasteiger partial charge in [0.25, 0.3) is 0 Å². The lowest BCUT2D eigenvalue weighted by molar-refractivity contribution is -0.136. The highest BCUT2D eigenvalue weighted by Gasteiger charge is 2.33. The number of hydrogen-bond donors (Lipinski definition) is 0. The maximum Gasteiger partial charge on any atom is 0.236 e. The van der Waals surface area contributed by atoms with Crippen LogP contribution in [0.2, 0.25) is 0 Å². The van der Waals surface area contributed by atoms with Crippen molar-refractivity contribution in [1.82, 2.24) is 14.8 Å². The Balaban J connectivity index is 1.45. The number of rotatable bonds is 3. The van der Waals surface area contributed by atoms with Crippen LogP contribution in [0.1, 0.15) is 36.2 Å². The first-order valence-corrected chi connectivity index (χ1v) is 10.8. The summed E-state index contributed by atoms with van der Waals surface area (Å²) in [5, 5.41) is 9.95. The van der Waals surface area contributed by atoms with Crippen molar-refractivity contribution in [2.75, 3.05) is 63.9 Å². The van der Waals surface area contributed by atoms with E-state index in [-0.39, 0.29) is 11.5 Å². The smallest absolute Gasteiger partial charge is 0.236 e. The number of nitrogens with zero attached hydrogens (tertiary/aromatic N) is 5. The third-order valence-corrected chi connectivity index (χ3v) is 6.32. The van der Waals surface area contributed by atoms with Gasteiger partial charge in [-0.3, -0.25) is 9.69 Å². The Morgan fingerprint density at radius 1 is 1.13 bits per heavy atom. The molecule has 8 nitrogen and oxygen atoms in total. The highest BCUT2D eigenvalue weighted by molar-refractivity contribution is 5.78. The second-order valence-electron chi connectivity index (χ2n) is 8.95. The third-order valence-electron chi connectivity index (χ3n) is 6.32. The van der Waals surface area contributed by atoms with Crippen LogP contribution < -0.4 is 4.90 Å². The standard InChI is InChI=1S/C22H31N5O3/c1-16-19-15-30-22(2,3)12-17(19)18(13-23)21(24-16)27-6-4-25(5-7-27)14-20(28)26-8-10-29-11-9-26/h4-12,14-15H2,1-3H3. The van der Waals surface area contributed by atoms with Crippen LogP contribution in [-0.4, -0.2) is 85.3 Å². The topological polar surface area (TPSA) is 81.9 Å². The van der Waals surface area contributed by atoms with E-state index in [0.717, 1.165) is 55.2 Å². The molecule has 0 bridgehead atoms. The molecule has 0 atom stereocenters. The van der Waals surface area contributed by atoms with Gasteiger partial charge in [0.05, 0.1) is 37.5 Å². The number of morpholine rings is 1. The largest absolute Gasteiger partial charge is 0.378 e. The fourth-order valence-electron chi connectivity index (χ4n) is 4.49. The molecule has 0 radical (unpaired) electrons. The van der Waals surface area contributed by atoms with Gasteiger partial charge in [0.15, 0.2) is 0 Å². The average Bonchev–Trinajstić information content (AvgIpc) is 2.74. The van der Waals surface area contributed by atoms with Gasteiger partial charge in [0.2, 0.25) is 5.91 Å². The van der Waals surface area contributed by atoms with Gasteiger partial charge in [0.1, 0.15) is 11.9 Å². The highest BCUT2D eigenvalue weighted by Crippen LogP contribution is 2.35. The van der Waals surface area contributed by atoms with Crippen molar-refractivity contribution in [3.63, 3.8) is 0 Å². The van der Waals surface area contributed by atoms with Gasteiger partial charge in [-0.15, -0.1) is 0 Å². The average molecular weight is 414 g/mol. The van der Waals surface area contributed by atoms with Gasteiger partial charge >= 0.3 is 0 Å². The molecule has 8 heteroatoms. The SMILES string of the molecule is Cc1nc(N2CCN(CC(=O)N3CCOCC3)CC2)c(C#N)c2c1COC(C)(C)C2. The zero-order valence-electron chi connectivity index (χ0n) is 18.2. The number of pyridine rings is 1. The van der Waals surface area contributed by atoms with Crippen LogP contribution in [0.25, 0.3) is 0 Å². The number of fused-ring (bicyclic) bond motifs is 1. The van der Waals surface area contributed by atoms with E-state index in [2.05, 4.69) is 29.7 Å². The molecule has 0 aliphatic carbocycles. The van der Waals surface area contributed by atoms with E-state index in [1.807, 2.05) is 11.8 Å².